The summed E-state index contributed by atoms with van der Waals surface area (Å²) < 4.78 is 1.03. The third kappa shape index (κ3) is 5.08. The molecule has 3 aromatic rings. The minimum atomic E-state index is -0.612. The minimum Gasteiger partial charge on any atom is -0.340 e. The lowest BCUT2D eigenvalue weighted by atomic mass is 10.1. The standard InChI is InChI=1S/C20H21N3O2S2/c1-13-8-9-15-17(12-13)27-20(22-15)23-19(25)16(10-11-26-2)21-18(24)14-6-4-3-5-7-14/h3-9,12,16H,10-11H2,1-2H3,(H,21,24)(H,22,23,25). The molecule has 0 saturated carbocycles. The molecule has 1 heterocycles. The number of hydrogen-bond donors (Lipinski definition) is 2. The highest BCUT2D eigenvalue weighted by Gasteiger charge is 2.22. The van der Waals surface area contributed by atoms with E-state index in [-0.39, 0.29) is 11.8 Å². The van der Waals surface area contributed by atoms with Crippen LogP contribution in [0, 0.1) is 6.92 Å². The first-order valence-electron chi connectivity index (χ1n) is 8.59. The quantitative estimate of drug-likeness (QED) is 0.628. The molecule has 7 heteroatoms. The lowest BCUT2D eigenvalue weighted by molar-refractivity contribution is -0.118. The molecule has 0 bridgehead atoms. The van der Waals surface area contributed by atoms with E-state index in [1.807, 2.05) is 37.4 Å². The molecule has 2 N–H and O–H groups in total. The first-order chi connectivity index (χ1) is 13.1. The summed E-state index contributed by atoms with van der Waals surface area (Å²) >= 11 is 3.07. The predicted octanol–water partition coefficient (Wildman–Crippen LogP) is 4.09. The van der Waals surface area contributed by atoms with Crippen molar-refractivity contribution in [3.05, 3.63) is 59.7 Å². The van der Waals surface area contributed by atoms with Gasteiger partial charge in [-0.25, -0.2) is 4.98 Å². The Kier molecular flexibility index (Phi) is 6.47. The van der Waals surface area contributed by atoms with E-state index in [1.54, 1.807) is 36.0 Å². The molecule has 1 unspecified atom stereocenters. The van der Waals surface area contributed by atoms with Crippen molar-refractivity contribution >= 4 is 50.3 Å². The molecule has 0 aliphatic rings. The maximum Gasteiger partial charge on any atom is 0.251 e. The average Bonchev–Trinajstić information content (AvgIpc) is 3.06. The molecule has 0 fully saturated rings. The summed E-state index contributed by atoms with van der Waals surface area (Å²) in [4.78, 5) is 29.7. The molecule has 0 aliphatic heterocycles. The highest BCUT2D eigenvalue weighted by atomic mass is 32.2. The second kappa shape index (κ2) is 9.01. The van der Waals surface area contributed by atoms with E-state index in [1.165, 1.54) is 11.3 Å². The molecule has 0 radical (unpaired) electrons. The Balaban J connectivity index is 1.72. The number of rotatable bonds is 7. The summed E-state index contributed by atoms with van der Waals surface area (Å²) in [6, 6.07) is 14.3. The zero-order valence-electron chi connectivity index (χ0n) is 15.2. The van der Waals surface area contributed by atoms with Crippen molar-refractivity contribution in [2.24, 2.45) is 0 Å². The van der Waals surface area contributed by atoms with Gasteiger partial charge < -0.3 is 10.6 Å². The molecule has 5 nitrogen and oxygen atoms in total. The number of aromatic nitrogens is 1. The molecule has 1 atom stereocenters. The lowest BCUT2D eigenvalue weighted by Crippen LogP contribution is -2.44. The van der Waals surface area contributed by atoms with E-state index in [2.05, 4.69) is 15.6 Å². The zero-order valence-corrected chi connectivity index (χ0v) is 16.8. The molecule has 27 heavy (non-hydrogen) atoms. The Hall–Kier alpha value is -2.38. The van der Waals surface area contributed by atoms with Gasteiger partial charge in [0.15, 0.2) is 5.13 Å². The molecule has 0 saturated heterocycles. The zero-order chi connectivity index (χ0) is 19.2. The van der Waals surface area contributed by atoms with E-state index in [4.69, 9.17) is 0 Å². The highest BCUT2D eigenvalue weighted by molar-refractivity contribution is 7.98. The fourth-order valence-corrected chi connectivity index (χ4v) is 4.05. The number of benzene rings is 2. The van der Waals surface area contributed by atoms with Crippen LogP contribution in [-0.2, 0) is 4.79 Å². The van der Waals surface area contributed by atoms with Gasteiger partial charge in [0.05, 0.1) is 10.2 Å². The third-order valence-electron chi connectivity index (χ3n) is 4.04. The molecular formula is C20H21N3O2S2. The highest BCUT2D eigenvalue weighted by Crippen LogP contribution is 2.26. The fraction of sp³-hybridized carbons (Fsp3) is 0.250. The van der Waals surface area contributed by atoms with Crippen LogP contribution < -0.4 is 10.6 Å². The summed E-state index contributed by atoms with van der Waals surface area (Å²) in [7, 11) is 0. The van der Waals surface area contributed by atoms with Crippen molar-refractivity contribution in [1.82, 2.24) is 10.3 Å². The van der Waals surface area contributed by atoms with Crippen molar-refractivity contribution in [2.75, 3.05) is 17.3 Å². The van der Waals surface area contributed by atoms with Crippen molar-refractivity contribution in [2.45, 2.75) is 19.4 Å². The Labute approximate surface area is 166 Å². The molecular weight excluding hydrogens is 378 g/mol. The van der Waals surface area contributed by atoms with Crippen molar-refractivity contribution in [3.8, 4) is 0 Å². The van der Waals surface area contributed by atoms with Crippen LogP contribution in [0.25, 0.3) is 10.2 Å². The fourth-order valence-electron chi connectivity index (χ4n) is 2.61. The van der Waals surface area contributed by atoms with Crippen LogP contribution in [0.2, 0.25) is 0 Å². The predicted molar refractivity (Wildman–Crippen MR) is 114 cm³/mol. The Morgan fingerprint density at radius 2 is 1.96 bits per heavy atom. The van der Waals surface area contributed by atoms with Gasteiger partial charge in [-0.15, -0.1) is 0 Å². The Morgan fingerprint density at radius 1 is 1.19 bits per heavy atom. The summed E-state index contributed by atoms with van der Waals surface area (Å²) in [6.45, 7) is 2.02. The summed E-state index contributed by atoms with van der Waals surface area (Å²) in [6.07, 6.45) is 2.53. The number of carbonyl (C=O) groups is 2. The van der Waals surface area contributed by atoms with Crippen LogP contribution in [0.15, 0.2) is 48.5 Å². The molecule has 3 rings (SSSR count). The molecule has 1 aromatic heterocycles. The number of thioether (sulfide) groups is 1. The van der Waals surface area contributed by atoms with E-state index >= 15 is 0 Å². The summed E-state index contributed by atoms with van der Waals surface area (Å²) in [5, 5.41) is 6.25. The number of anilines is 1. The van der Waals surface area contributed by atoms with Crippen molar-refractivity contribution in [3.63, 3.8) is 0 Å². The molecule has 0 spiro atoms. The van der Waals surface area contributed by atoms with Gasteiger partial charge in [0.2, 0.25) is 5.91 Å². The van der Waals surface area contributed by atoms with E-state index < -0.39 is 6.04 Å². The molecule has 2 aromatic carbocycles. The number of nitrogens with zero attached hydrogens (tertiary/aromatic N) is 1. The minimum absolute atomic E-state index is 0.246. The van der Waals surface area contributed by atoms with Crippen LogP contribution >= 0.6 is 23.1 Å². The van der Waals surface area contributed by atoms with Gasteiger partial charge in [-0.05, 0) is 55.2 Å². The van der Waals surface area contributed by atoms with Crippen LogP contribution in [0.4, 0.5) is 5.13 Å². The number of amides is 2. The second-order valence-corrected chi connectivity index (χ2v) is 8.17. The normalized spacial score (nSPS) is 11.9. The van der Waals surface area contributed by atoms with Gasteiger partial charge in [0.1, 0.15) is 6.04 Å². The maximum atomic E-state index is 12.8. The topological polar surface area (TPSA) is 71.1 Å². The number of aryl methyl sites for hydroxylation is 1. The summed E-state index contributed by atoms with van der Waals surface area (Å²) in [5.74, 6) is 0.271. The average molecular weight is 400 g/mol. The molecule has 2 amide bonds. The number of hydrogen-bond acceptors (Lipinski definition) is 5. The largest absolute Gasteiger partial charge is 0.340 e. The van der Waals surface area contributed by atoms with Gasteiger partial charge in [0, 0.05) is 5.56 Å². The number of nitrogens with one attached hydrogen (secondary N) is 2. The first-order valence-corrected chi connectivity index (χ1v) is 10.8. The first kappa shape index (κ1) is 19.4. The SMILES string of the molecule is CSCCC(NC(=O)c1ccccc1)C(=O)Nc1nc2ccc(C)cc2s1. The van der Waals surface area contributed by atoms with Gasteiger partial charge in [0.25, 0.3) is 5.91 Å². The van der Waals surface area contributed by atoms with Gasteiger partial charge in [-0.2, -0.15) is 11.8 Å². The number of carbonyl (C=O) groups excluding carboxylic acids is 2. The van der Waals surface area contributed by atoms with E-state index in [0.29, 0.717) is 17.1 Å². The monoisotopic (exact) mass is 399 g/mol. The number of thiazole rings is 1. The van der Waals surface area contributed by atoms with Crippen molar-refractivity contribution in [1.29, 1.82) is 0 Å². The van der Waals surface area contributed by atoms with Crippen LogP contribution in [0.1, 0.15) is 22.3 Å². The van der Waals surface area contributed by atoms with Gasteiger partial charge in [-0.1, -0.05) is 35.6 Å². The number of fused-ring (bicyclic) bond motifs is 1. The molecule has 0 aliphatic carbocycles. The van der Waals surface area contributed by atoms with Crippen molar-refractivity contribution < 1.29 is 9.59 Å². The third-order valence-corrected chi connectivity index (χ3v) is 5.62. The van der Waals surface area contributed by atoms with Crippen LogP contribution in [0.3, 0.4) is 0 Å². The second-order valence-electron chi connectivity index (χ2n) is 6.15. The Morgan fingerprint density at radius 3 is 2.70 bits per heavy atom. The molecule has 140 valence electrons. The van der Waals surface area contributed by atoms with E-state index in [9.17, 15) is 9.59 Å². The maximum absolute atomic E-state index is 12.8. The van der Waals surface area contributed by atoms with Gasteiger partial charge >= 0.3 is 0 Å². The van der Waals surface area contributed by atoms with Gasteiger partial charge in [-0.3, -0.25) is 9.59 Å². The van der Waals surface area contributed by atoms with E-state index in [0.717, 1.165) is 21.5 Å². The van der Waals surface area contributed by atoms with Crippen LogP contribution in [0.5, 0.6) is 0 Å². The smallest absolute Gasteiger partial charge is 0.251 e. The van der Waals surface area contributed by atoms with Crippen LogP contribution in [-0.4, -0.2) is 34.8 Å². The Bertz CT molecular complexity index is 941. The lowest BCUT2D eigenvalue weighted by Gasteiger charge is -2.17. The summed E-state index contributed by atoms with van der Waals surface area (Å²) in [5.41, 5.74) is 2.54.